The van der Waals surface area contributed by atoms with Crippen molar-refractivity contribution in [3.8, 4) is 45.3 Å². The highest BCUT2D eigenvalue weighted by Crippen LogP contribution is 2.43. The first-order chi connectivity index (χ1) is 56.3. The highest BCUT2D eigenvalue weighted by Gasteiger charge is 2.37. The first-order valence-corrected chi connectivity index (χ1v) is 41.3. The number of aliphatic hydroxyl groups excluding tert-OH is 1. The summed E-state index contributed by atoms with van der Waals surface area (Å²) in [6.45, 7) is 28.9. The number of aliphatic hydroxyl groups is 1. The van der Waals surface area contributed by atoms with Gasteiger partial charge in [0.25, 0.3) is 0 Å². The van der Waals surface area contributed by atoms with Crippen molar-refractivity contribution >= 4 is 68.4 Å². The van der Waals surface area contributed by atoms with Gasteiger partial charge in [-0.05, 0) is 268 Å². The highest BCUT2D eigenvalue weighted by molar-refractivity contribution is 5.88. The molecular formula is C90H110F3N21O4. The number of nitrogens with zero attached hydrogens (tertiary/aromatic N) is 18. The van der Waals surface area contributed by atoms with Crippen LogP contribution in [0.2, 0.25) is 0 Å². The van der Waals surface area contributed by atoms with Crippen LogP contribution < -0.4 is 25.4 Å². The quantitative estimate of drug-likeness (QED) is 0.0521. The molecule has 4 N–H and O–H groups in total. The minimum absolute atomic E-state index is 0. The van der Waals surface area contributed by atoms with Crippen LogP contribution in [0.3, 0.4) is 0 Å². The summed E-state index contributed by atoms with van der Waals surface area (Å²) in [6, 6.07) is 23.1. The molecule has 0 atom stereocenters. The molecule has 3 saturated heterocycles. The van der Waals surface area contributed by atoms with Crippen LogP contribution in [0.4, 0.5) is 48.5 Å². The summed E-state index contributed by atoms with van der Waals surface area (Å²) in [5.41, 5.74) is 12.7. The largest absolute Gasteiger partial charge is 0.492 e. The summed E-state index contributed by atoms with van der Waals surface area (Å²) >= 11 is 0. The molecule has 28 heteroatoms. The maximum atomic E-state index is 15.0. The lowest BCUT2D eigenvalue weighted by Gasteiger charge is -2.31. The van der Waals surface area contributed by atoms with Crippen molar-refractivity contribution < 1.29 is 32.5 Å². The van der Waals surface area contributed by atoms with Gasteiger partial charge in [-0.1, -0.05) is 13.5 Å². The Balaban J connectivity index is 0.000000138. The predicted molar refractivity (Wildman–Crippen MR) is 456 cm³/mol. The standard InChI is InChI=1S/C31H38FN7O2.2C29H34FN7O.CH4/c1-20-15-22(16-25-28(20)36-27-7-10-31(2,3)39(25)27)29-24(32)18-34-30(37-29)35-26-6-5-23(17-33-26)41-19-21-8-12-38(13-9-21)11-4-14-40;1-18-13-20(14-23-26(18)34-25-7-10-29(2,3)37(23)25)27-22(30)16-32-28(35-27)33-24-6-5-21(15-31-24)38-17-19-8-11-36(4)12-9-19;1-18-13-20(14-23-26(18)34-25-7-10-29(2,3)37(23)25)27-22(30)16-32-28(35-27)33-24-6-5-19(15-31-24)17-38-21-8-11-36(4)12-9-21;/h5-6,15-18,21,40H,4,7-14,19H2,1-3H3,(H,33,34,35,37);5-6,13-16,19H,7-12,17H2,1-4H3,(H,31,32,33,35);5-6,13-16,21H,7-12,17H2,1-4H3,(H,31,32,33,35);1H4. The first kappa shape index (κ1) is 82.5. The Hall–Kier alpha value is -10.7. The molecular weight excluding hydrogens is 1500 g/mol. The van der Waals surface area contributed by atoms with E-state index in [2.05, 4.69) is 145 Å². The summed E-state index contributed by atoms with van der Waals surface area (Å²) in [7, 11) is 4.30. The van der Waals surface area contributed by atoms with Gasteiger partial charge >= 0.3 is 0 Å². The van der Waals surface area contributed by atoms with Gasteiger partial charge in [-0.3, -0.25) is 0 Å². The van der Waals surface area contributed by atoms with Crippen molar-refractivity contribution in [1.29, 1.82) is 0 Å². The summed E-state index contributed by atoms with van der Waals surface area (Å²) < 4.78 is 69.9. The highest BCUT2D eigenvalue weighted by atomic mass is 19.1. The number of likely N-dealkylation sites (tertiary alicyclic amines) is 3. The van der Waals surface area contributed by atoms with E-state index in [1.807, 2.05) is 93.6 Å². The van der Waals surface area contributed by atoms with Crippen LogP contribution >= 0.6 is 0 Å². The SMILES string of the molecule is C.Cc1cc(-c2nc(Nc3ccc(COC4CCN(C)CC4)cn3)ncc2F)cc2c1nc1n2C(C)(C)CC1.Cc1cc(-c2nc(Nc3ccc(OCC4CCN(C)CC4)cn3)ncc2F)cc2c1nc1n2C(C)(C)CC1.Cc1cc(-c2nc(Nc3ccc(OCC4CCN(CCCO)CC4)cn3)ncc2F)cc2c1nc1n2C(C)(C)CC1. The lowest BCUT2D eigenvalue weighted by atomic mass is 9.98. The maximum Gasteiger partial charge on any atom is 0.229 e. The van der Waals surface area contributed by atoms with E-state index in [0.717, 1.165) is 208 Å². The van der Waals surface area contributed by atoms with Gasteiger partial charge in [0.15, 0.2) is 17.5 Å². The zero-order chi connectivity index (χ0) is 81.4. The second-order valence-corrected chi connectivity index (χ2v) is 34.4. The van der Waals surface area contributed by atoms with Crippen LogP contribution in [-0.2, 0) is 47.2 Å². The summed E-state index contributed by atoms with van der Waals surface area (Å²) in [4.78, 5) is 61.2. The Morgan fingerprint density at radius 3 is 1.17 bits per heavy atom. The molecule has 3 aromatic carbocycles. The average Bonchev–Trinajstić information content (AvgIpc) is 1.59. The fourth-order valence-electron chi connectivity index (χ4n) is 17.3. The molecule has 12 aromatic rings. The zero-order valence-corrected chi connectivity index (χ0v) is 69.0. The fraction of sp³-hybridized carbons (Fsp3) is 0.467. The molecule has 6 aliphatic rings. The number of nitrogens with one attached hydrogen (secondary N) is 3. The van der Waals surface area contributed by atoms with E-state index in [4.69, 9.17) is 34.3 Å². The smallest absolute Gasteiger partial charge is 0.229 e. The Kier molecular flexibility index (Phi) is 24.3. The molecule has 15 heterocycles. The Labute approximate surface area is 688 Å². The first-order valence-electron chi connectivity index (χ1n) is 41.3. The van der Waals surface area contributed by atoms with Crippen molar-refractivity contribution in [2.45, 2.75) is 183 Å². The van der Waals surface area contributed by atoms with Gasteiger partial charge in [0.1, 0.15) is 63.5 Å². The number of fused-ring (bicyclic) bond motifs is 9. The summed E-state index contributed by atoms with van der Waals surface area (Å²) in [6.07, 6.45) is 22.5. The molecule has 0 radical (unpaired) electrons. The number of halogens is 3. The number of piperidine rings is 3. The predicted octanol–water partition coefficient (Wildman–Crippen LogP) is 16.7. The number of hydrogen-bond donors (Lipinski definition) is 4. The molecule has 620 valence electrons. The third-order valence-corrected chi connectivity index (χ3v) is 24.1. The van der Waals surface area contributed by atoms with Gasteiger partial charge in [-0.15, -0.1) is 0 Å². The van der Waals surface area contributed by atoms with Gasteiger partial charge in [-0.25, -0.2) is 73.0 Å². The number of rotatable bonds is 21. The molecule has 0 saturated carbocycles. The number of hydrogen-bond acceptors (Lipinski definition) is 22. The number of aryl methyl sites for hydroxylation is 6. The third kappa shape index (κ3) is 18.2. The monoisotopic (exact) mass is 1610 g/mol. The molecule has 9 aromatic heterocycles. The van der Waals surface area contributed by atoms with Crippen molar-refractivity contribution in [1.82, 2.24) is 88.2 Å². The molecule has 118 heavy (non-hydrogen) atoms. The molecule has 0 amide bonds. The molecule has 3 fully saturated rings. The van der Waals surface area contributed by atoms with Crippen LogP contribution in [-0.4, -0.2) is 179 Å². The van der Waals surface area contributed by atoms with Crippen LogP contribution in [0, 0.1) is 50.1 Å². The maximum absolute atomic E-state index is 15.0. The number of aromatic nitrogens is 15. The van der Waals surface area contributed by atoms with E-state index in [0.29, 0.717) is 83.6 Å². The summed E-state index contributed by atoms with van der Waals surface area (Å²) in [5.74, 6) is 6.91. The van der Waals surface area contributed by atoms with Crippen molar-refractivity contribution in [3.05, 3.63) is 167 Å². The second kappa shape index (κ2) is 34.7. The van der Waals surface area contributed by atoms with Gasteiger partial charge in [0, 0.05) is 85.0 Å². The normalized spacial score (nSPS) is 17.3. The number of anilines is 6. The van der Waals surface area contributed by atoms with E-state index in [9.17, 15) is 8.78 Å². The van der Waals surface area contributed by atoms with E-state index < -0.39 is 17.5 Å². The van der Waals surface area contributed by atoms with E-state index in [-0.39, 0.29) is 59.6 Å². The lowest BCUT2D eigenvalue weighted by molar-refractivity contribution is 0.00204. The van der Waals surface area contributed by atoms with Crippen LogP contribution in [0.1, 0.15) is 153 Å². The van der Waals surface area contributed by atoms with E-state index in [1.165, 1.54) is 18.6 Å². The Morgan fingerprint density at radius 2 is 0.814 bits per heavy atom. The van der Waals surface area contributed by atoms with Crippen LogP contribution in [0.25, 0.3) is 66.9 Å². The van der Waals surface area contributed by atoms with E-state index >= 15 is 4.39 Å². The number of ether oxygens (including phenoxy) is 3. The van der Waals surface area contributed by atoms with Gasteiger partial charge in [0.05, 0.1) is 90.0 Å². The summed E-state index contributed by atoms with van der Waals surface area (Å²) in [5, 5.41) is 18.3. The Bertz CT molecular complexity index is 5330. The average molecular weight is 1610 g/mol. The molecule has 25 nitrogen and oxygen atoms in total. The van der Waals surface area contributed by atoms with Gasteiger partial charge in [0.2, 0.25) is 17.8 Å². The zero-order valence-electron chi connectivity index (χ0n) is 69.0. The molecule has 0 unspecified atom stereocenters. The number of benzene rings is 3. The van der Waals surface area contributed by atoms with Crippen LogP contribution in [0.15, 0.2) is 110 Å². The van der Waals surface area contributed by atoms with Crippen molar-refractivity contribution in [2.24, 2.45) is 11.8 Å². The lowest BCUT2D eigenvalue weighted by Crippen LogP contribution is -2.36. The number of imidazole rings is 3. The van der Waals surface area contributed by atoms with Crippen molar-refractivity contribution in [2.75, 3.05) is 95.7 Å². The second-order valence-electron chi connectivity index (χ2n) is 34.4. The molecule has 0 bridgehead atoms. The topological polar surface area (TPSA) is 263 Å². The van der Waals surface area contributed by atoms with Crippen LogP contribution in [0.5, 0.6) is 11.5 Å². The third-order valence-electron chi connectivity index (χ3n) is 24.1. The molecule has 0 spiro atoms. The minimum Gasteiger partial charge on any atom is -0.492 e. The molecule has 0 aliphatic carbocycles. The fourth-order valence-corrected chi connectivity index (χ4v) is 17.3. The molecule has 18 rings (SSSR count). The Morgan fingerprint density at radius 1 is 0.449 bits per heavy atom. The molecule has 6 aliphatic heterocycles. The van der Waals surface area contributed by atoms with Gasteiger partial charge in [-0.2, -0.15) is 0 Å². The van der Waals surface area contributed by atoms with Gasteiger partial charge < -0.3 is 63.7 Å². The van der Waals surface area contributed by atoms with E-state index in [1.54, 1.807) is 18.6 Å². The minimum atomic E-state index is -0.481. The van der Waals surface area contributed by atoms with Crippen molar-refractivity contribution in [3.63, 3.8) is 0 Å². The number of pyridine rings is 3.